The van der Waals surface area contributed by atoms with Crippen LogP contribution in [-0.4, -0.2) is 47.3 Å². The molecule has 4 rings (SSSR count). The predicted octanol–water partition coefficient (Wildman–Crippen LogP) is 4.73. The number of piperazine rings is 1. The minimum absolute atomic E-state index is 0.0529. The Morgan fingerprint density at radius 2 is 1.48 bits per heavy atom. The number of hydrogen-bond donors (Lipinski definition) is 1. The average molecular weight is 416 g/mol. The van der Waals surface area contributed by atoms with E-state index >= 15 is 0 Å². The molecular weight excluding hydrogens is 386 g/mol. The van der Waals surface area contributed by atoms with Crippen LogP contribution in [0, 0.1) is 27.7 Å². The molecule has 31 heavy (non-hydrogen) atoms. The van der Waals surface area contributed by atoms with Gasteiger partial charge in [-0.3, -0.25) is 0 Å². The molecule has 6 heteroatoms. The first-order valence-corrected chi connectivity index (χ1v) is 10.7. The molecule has 6 nitrogen and oxygen atoms in total. The molecule has 0 bridgehead atoms. The molecule has 0 saturated carbocycles. The molecule has 1 aliphatic heterocycles. The van der Waals surface area contributed by atoms with Crippen LogP contribution in [-0.2, 0) is 0 Å². The highest BCUT2D eigenvalue weighted by Gasteiger charge is 2.22. The van der Waals surface area contributed by atoms with Crippen molar-refractivity contribution < 1.29 is 4.79 Å². The number of carbonyl (C=O) groups excluding carboxylic acids is 1. The summed E-state index contributed by atoms with van der Waals surface area (Å²) in [5.41, 5.74) is 7.56. The lowest BCUT2D eigenvalue weighted by molar-refractivity contribution is 0.208. The van der Waals surface area contributed by atoms with Gasteiger partial charge in [-0.25, -0.2) is 4.79 Å². The first-order chi connectivity index (χ1) is 14.9. The lowest BCUT2D eigenvalue weighted by Crippen LogP contribution is -2.50. The maximum atomic E-state index is 12.7. The van der Waals surface area contributed by atoms with E-state index in [-0.39, 0.29) is 6.03 Å². The average Bonchev–Trinajstić information content (AvgIpc) is 2.76. The van der Waals surface area contributed by atoms with E-state index in [4.69, 9.17) is 0 Å². The van der Waals surface area contributed by atoms with Gasteiger partial charge >= 0.3 is 6.03 Å². The summed E-state index contributed by atoms with van der Waals surface area (Å²) in [5.74, 6) is 0.850. The van der Waals surface area contributed by atoms with E-state index in [2.05, 4.69) is 65.5 Å². The summed E-state index contributed by atoms with van der Waals surface area (Å²) in [6, 6.07) is 16.4. The van der Waals surface area contributed by atoms with Gasteiger partial charge in [-0.05, 0) is 57.0 Å². The summed E-state index contributed by atoms with van der Waals surface area (Å²) in [4.78, 5) is 16.7. The topological polar surface area (TPSA) is 61.4 Å². The molecule has 160 valence electrons. The summed E-state index contributed by atoms with van der Waals surface area (Å²) in [6.07, 6.45) is 0. The highest BCUT2D eigenvalue weighted by molar-refractivity contribution is 5.90. The summed E-state index contributed by atoms with van der Waals surface area (Å²) in [5, 5.41) is 12.0. The van der Waals surface area contributed by atoms with Crippen molar-refractivity contribution in [1.29, 1.82) is 0 Å². The van der Waals surface area contributed by atoms with Crippen LogP contribution in [0.25, 0.3) is 11.3 Å². The number of nitrogens with one attached hydrogen (secondary N) is 1. The third kappa shape index (κ3) is 4.68. The Balaban J connectivity index is 1.36. The second kappa shape index (κ2) is 8.76. The molecule has 0 atom stereocenters. The van der Waals surface area contributed by atoms with Crippen molar-refractivity contribution in [2.45, 2.75) is 27.7 Å². The maximum absolute atomic E-state index is 12.7. The van der Waals surface area contributed by atoms with E-state index in [0.717, 1.165) is 41.4 Å². The van der Waals surface area contributed by atoms with Gasteiger partial charge in [-0.1, -0.05) is 41.5 Å². The Bertz CT molecular complexity index is 1090. The molecule has 2 heterocycles. The molecule has 3 aromatic rings. The van der Waals surface area contributed by atoms with E-state index in [1.807, 2.05) is 36.1 Å². The van der Waals surface area contributed by atoms with Gasteiger partial charge < -0.3 is 15.1 Å². The van der Waals surface area contributed by atoms with Crippen LogP contribution in [0.3, 0.4) is 0 Å². The fourth-order valence-corrected chi connectivity index (χ4v) is 4.03. The van der Waals surface area contributed by atoms with Crippen LogP contribution in [0.5, 0.6) is 0 Å². The summed E-state index contributed by atoms with van der Waals surface area (Å²) in [6.45, 7) is 11.0. The van der Waals surface area contributed by atoms with E-state index in [1.54, 1.807) is 0 Å². The summed E-state index contributed by atoms with van der Waals surface area (Å²) in [7, 11) is 0. The number of amides is 2. The minimum Gasteiger partial charge on any atom is -0.352 e. The van der Waals surface area contributed by atoms with Gasteiger partial charge in [0.25, 0.3) is 0 Å². The monoisotopic (exact) mass is 415 g/mol. The molecule has 1 saturated heterocycles. The van der Waals surface area contributed by atoms with Gasteiger partial charge in [-0.15, -0.1) is 10.2 Å². The number of urea groups is 1. The quantitative estimate of drug-likeness (QED) is 0.672. The predicted molar refractivity (Wildman–Crippen MR) is 126 cm³/mol. The normalized spacial score (nSPS) is 13.9. The van der Waals surface area contributed by atoms with Crippen molar-refractivity contribution in [3.8, 4) is 11.3 Å². The highest BCUT2D eigenvalue weighted by atomic mass is 16.2. The molecule has 2 aromatic carbocycles. The van der Waals surface area contributed by atoms with Crippen molar-refractivity contribution in [2.24, 2.45) is 0 Å². The number of aromatic nitrogens is 2. The van der Waals surface area contributed by atoms with E-state index in [1.165, 1.54) is 16.7 Å². The molecule has 0 aliphatic carbocycles. The van der Waals surface area contributed by atoms with Gasteiger partial charge in [0.1, 0.15) is 0 Å². The molecule has 1 fully saturated rings. The number of hydrogen-bond acceptors (Lipinski definition) is 4. The van der Waals surface area contributed by atoms with Crippen LogP contribution in [0.15, 0.2) is 48.5 Å². The number of anilines is 2. The third-order valence-electron chi connectivity index (χ3n) is 5.82. The van der Waals surface area contributed by atoms with E-state index < -0.39 is 0 Å². The fourth-order valence-electron chi connectivity index (χ4n) is 4.03. The molecule has 0 radical (unpaired) electrons. The Morgan fingerprint density at radius 3 is 2.10 bits per heavy atom. The number of benzene rings is 2. The van der Waals surface area contributed by atoms with Crippen LogP contribution >= 0.6 is 0 Å². The van der Waals surface area contributed by atoms with Gasteiger partial charge in [0, 0.05) is 37.4 Å². The molecule has 1 aliphatic rings. The number of nitrogens with zero attached hydrogens (tertiary/aromatic N) is 4. The van der Waals surface area contributed by atoms with Crippen molar-refractivity contribution in [3.63, 3.8) is 0 Å². The lowest BCUT2D eigenvalue weighted by Gasteiger charge is -2.35. The second-order valence-electron chi connectivity index (χ2n) is 8.32. The first-order valence-electron chi connectivity index (χ1n) is 10.7. The molecule has 0 unspecified atom stereocenters. The summed E-state index contributed by atoms with van der Waals surface area (Å²) >= 11 is 0. The van der Waals surface area contributed by atoms with E-state index in [9.17, 15) is 4.79 Å². The van der Waals surface area contributed by atoms with Crippen LogP contribution in [0.4, 0.5) is 16.3 Å². The minimum atomic E-state index is -0.0529. The Kier molecular flexibility index (Phi) is 5.89. The van der Waals surface area contributed by atoms with Crippen molar-refractivity contribution in [3.05, 3.63) is 70.8 Å². The first kappa shape index (κ1) is 20.8. The van der Waals surface area contributed by atoms with Gasteiger partial charge in [0.15, 0.2) is 5.82 Å². The standard InChI is InChI=1S/C25H29N5O/c1-17-5-7-21(19(3)15-17)23-9-10-24(28-27-23)29-11-13-30(14-12-29)25(31)26-22-8-6-18(2)16-20(22)4/h5-10,15-16H,11-14H2,1-4H3,(H,26,31). The smallest absolute Gasteiger partial charge is 0.321 e. The van der Waals surface area contributed by atoms with Crippen LogP contribution < -0.4 is 10.2 Å². The molecule has 2 amide bonds. The zero-order valence-electron chi connectivity index (χ0n) is 18.6. The lowest BCUT2D eigenvalue weighted by atomic mass is 10.0. The van der Waals surface area contributed by atoms with Gasteiger partial charge in [-0.2, -0.15) is 0 Å². The van der Waals surface area contributed by atoms with Gasteiger partial charge in [0.2, 0.25) is 0 Å². The molecule has 0 spiro atoms. The summed E-state index contributed by atoms with van der Waals surface area (Å²) < 4.78 is 0. The van der Waals surface area contributed by atoms with Gasteiger partial charge in [0.05, 0.1) is 5.69 Å². The zero-order valence-corrected chi connectivity index (χ0v) is 18.6. The highest BCUT2D eigenvalue weighted by Crippen LogP contribution is 2.24. The number of carbonyl (C=O) groups is 1. The Hall–Kier alpha value is -3.41. The Labute approximate surface area is 183 Å². The largest absolute Gasteiger partial charge is 0.352 e. The van der Waals surface area contributed by atoms with Crippen LogP contribution in [0.2, 0.25) is 0 Å². The SMILES string of the molecule is Cc1ccc(NC(=O)N2CCN(c3ccc(-c4ccc(C)cc4C)nn3)CC2)c(C)c1. The number of aryl methyl sites for hydroxylation is 4. The molecule has 1 N–H and O–H groups in total. The molecular formula is C25H29N5O. The van der Waals surface area contributed by atoms with E-state index in [0.29, 0.717) is 13.1 Å². The maximum Gasteiger partial charge on any atom is 0.321 e. The van der Waals surface area contributed by atoms with Crippen LogP contribution in [0.1, 0.15) is 22.3 Å². The number of rotatable bonds is 3. The Morgan fingerprint density at radius 1 is 0.806 bits per heavy atom. The zero-order chi connectivity index (χ0) is 22.0. The van der Waals surface area contributed by atoms with Crippen molar-refractivity contribution in [2.75, 3.05) is 36.4 Å². The fraction of sp³-hybridized carbons (Fsp3) is 0.320. The van der Waals surface area contributed by atoms with Crippen molar-refractivity contribution >= 4 is 17.5 Å². The third-order valence-corrected chi connectivity index (χ3v) is 5.82. The second-order valence-corrected chi connectivity index (χ2v) is 8.32. The van der Waals surface area contributed by atoms with Crippen molar-refractivity contribution in [1.82, 2.24) is 15.1 Å². The molecule has 1 aromatic heterocycles.